The highest BCUT2D eigenvalue weighted by Gasteiger charge is 2.10. The van der Waals surface area contributed by atoms with Crippen molar-refractivity contribution in [2.75, 3.05) is 25.4 Å². The number of hydrogen-bond acceptors (Lipinski definition) is 3. The van der Waals surface area contributed by atoms with Gasteiger partial charge in [0, 0.05) is 6.42 Å². The molecule has 0 aromatic carbocycles. The van der Waals surface area contributed by atoms with Crippen LogP contribution in [0.4, 0.5) is 0 Å². The van der Waals surface area contributed by atoms with Crippen LogP contribution in [-0.4, -0.2) is 43.8 Å². The minimum atomic E-state index is -3.79. The van der Waals surface area contributed by atoms with E-state index in [1.165, 1.54) is 69.1 Å². The normalized spacial score (nSPS) is 12.8. The summed E-state index contributed by atoms with van der Waals surface area (Å²) >= 11 is 0. The third kappa shape index (κ3) is 19.9. The maximum atomic E-state index is 10.8. The second-order valence-corrected chi connectivity index (χ2v) is 8.39. The molecule has 0 aromatic heterocycles. The zero-order valence-corrected chi connectivity index (χ0v) is 16.7. The minimum absolute atomic E-state index is 0. The molecule has 0 saturated heterocycles. The minimum Gasteiger partial charge on any atom is -0.870 e. The smallest absolute Gasteiger partial charge is 0.265 e. The first-order chi connectivity index (χ1) is 11.0. The topological polar surface area (TPSA) is 88.8 Å². The molecule has 0 saturated carbocycles. The van der Waals surface area contributed by atoms with Crippen LogP contribution in [0.15, 0.2) is 0 Å². The Morgan fingerprint density at radius 3 is 1.58 bits per heavy atom. The van der Waals surface area contributed by atoms with Gasteiger partial charge in [-0.05, 0) is 19.3 Å². The van der Waals surface area contributed by atoms with Crippen LogP contribution in [0.5, 0.6) is 0 Å². The Bertz CT molecular complexity index is 347. The van der Waals surface area contributed by atoms with Crippen molar-refractivity contribution < 1.29 is 23.3 Å². The summed E-state index contributed by atoms with van der Waals surface area (Å²) in [7, 11) is -3.79. The van der Waals surface area contributed by atoms with E-state index in [-0.39, 0.29) is 11.2 Å². The van der Waals surface area contributed by atoms with Crippen LogP contribution >= 0.6 is 0 Å². The van der Waals surface area contributed by atoms with Gasteiger partial charge in [0.15, 0.2) is 0 Å². The zero-order valence-electron chi connectivity index (χ0n) is 15.9. The lowest BCUT2D eigenvalue weighted by Gasteiger charge is -2.18. The van der Waals surface area contributed by atoms with Crippen molar-refractivity contribution in [3.63, 3.8) is 0 Å². The molecule has 148 valence electrons. The summed E-state index contributed by atoms with van der Waals surface area (Å²) in [5.41, 5.74) is 0. The van der Waals surface area contributed by atoms with E-state index in [4.69, 9.17) is 4.55 Å². The second kappa shape index (κ2) is 17.6. The lowest BCUT2D eigenvalue weighted by atomic mass is 10.1. The van der Waals surface area contributed by atoms with E-state index in [9.17, 15) is 8.42 Å². The van der Waals surface area contributed by atoms with Crippen molar-refractivity contribution in [2.45, 2.75) is 90.9 Å². The summed E-state index contributed by atoms with van der Waals surface area (Å²) in [6.07, 6.45) is 15.2. The van der Waals surface area contributed by atoms with Crippen LogP contribution in [-0.2, 0) is 10.1 Å². The average Bonchev–Trinajstić information content (AvgIpc) is 2.48. The predicted octanol–water partition coefficient (Wildman–Crippen LogP) is 3.30. The van der Waals surface area contributed by atoms with Gasteiger partial charge in [-0.3, -0.25) is 4.55 Å². The van der Waals surface area contributed by atoms with Crippen LogP contribution in [0.1, 0.15) is 90.9 Å². The molecule has 0 aliphatic rings. The third-order valence-electron chi connectivity index (χ3n) is 4.42. The summed E-state index contributed by atoms with van der Waals surface area (Å²) in [5, 5.41) is 0. The number of rotatable bonds is 17. The highest BCUT2D eigenvalue weighted by Crippen LogP contribution is 2.10. The summed E-state index contributed by atoms with van der Waals surface area (Å²) < 4.78 is 30.3. The highest BCUT2D eigenvalue weighted by atomic mass is 32.2. The molecule has 6 heteroatoms. The molecule has 0 rings (SSSR count). The molecule has 0 aliphatic heterocycles. The van der Waals surface area contributed by atoms with Gasteiger partial charge in [0.2, 0.25) is 0 Å². The van der Waals surface area contributed by atoms with Gasteiger partial charge in [-0.1, -0.05) is 65.2 Å². The van der Waals surface area contributed by atoms with Gasteiger partial charge in [0.1, 0.15) is 0 Å². The van der Waals surface area contributed by atoms with E-state index in [0.29, 0.717) is 6.42 Å². The van der Waals surface area contributed by atoms with E-state index in [2.05, 4.69) is 13.8 Å². The Labute approximate surface area is 150 Å². The quantitative estimate of drug-likeness (QED) is 0.305. The van der Waals surface area contributed by atoms with E-state index < -0.39 is 10.1 Å². The zero-order chi connectivity index (χ0) is 17.4. The lowest BCUT2D eigenvalue weighted by molar-refractivity contribution is -0.900. The number of hydrogen-bond donors (Lipinski definition) is 2. The fourth-order valence-electron chi connectivity index (χ4n) is 3.10. The van der Waals surface area contributed by atoms with Crippen LogP contribution in [0, 0.1) is 0 Å². The highest BCUT2D eigenvalue weighted by molar-refractivity contribution is 7.85. The third-order valence-corrected chi connectivity index (χ3v) is 5.22. The van der Waals surface area contributed by atoms with Crippen LogP contribution in [0.3, 0.4) is 0 Å². The first-order valence-corrected chi connectivity index (χ1v) is 11.4. The lowest BCUT2D eigenvalue weighted by Crippen LogP contribution is -3.12. The molecular formula is C18H41NO4S. The number of quaternary nitrogens is 1. The molecular weight excluding hydrogens is 326 g/mol. The Morgan fingerprint density at radius 1 is 0.667 bits per heavy atom. The van der Waals surface area contributed by atoms with Gasteiger partial charge < -0.3 is 10.4 Å². The molecule has 0 bridgehead atoms. The van der Waals surface area contributed by atoms with Crippen molar-refractivity contribution in [3.05, 3.63) is 0 Å². The molecule has 0 heterocycles. The van der Waals surface area contributed by atoms with Crippen molar-refractivity contribution in [1.82, 2.24) is 0 Å². The van der Waals surface area contributed by atoms with Crippen molar-refractivity contribution in [1.29, 1.82) is 0 Å². The van der Waals surface area contributed by atoms with E-state index >= 15 is 0 Å². The van der Waals surface area contributed by atoms with E-state index in [1.807, 2.05) is 0 Å². The Morgan fingerprint density at radius 2 is 1.12 bits per heavy atom. The molecule has 5 nitrogen and oxygen atoms in total. The van der Waals surface area contributed by atoms with Crippen LogP contribution in [0.25, 0.3) is 0 Å². The molecule has 24 heavy (non-hydrogen) atoms. The van der Waals surface area contributed by atoms with Gasteiger partial charge >= 0.3 is 0 Å². The van der Waals surface area contributed by atoms with Gasteiger partial charge in [0.25, 0.3) is 10.1 Å². The summed E-state index contributed by atoms with van der Waals surface area (Å²) in [6, 6.07) is 0. The van der Waals surface area contributed by atoms with Gasteiger partial charge in [-0.2, -0.15) is 8.42 Å². The van der Waals surface area contributed by atoms with Crippen molar-refractivity contribution in [2.24, 2.45) is 0 Å². The van der Waals surface area contributed by atoms with Crippen LogP contribution in [0.2, 0.25) is 0 Å². The summed E-state index contributed by atoms with van der Waals surface area (Å²) in [6.45, 7) is 7.51. The molecule has 0 fully saturated rings. The van der Waals surface area contributed by atoms with Gasteiger partial charge in [-0.15, -0.1) is 0 Å². The first kappa shape index (κ1) is 26.1. The molecule has 0 aliphatic carbocycles. The fourth-order valence-corrected chi connectivity index (χ4v) is 3.60. The SMILES string of the molecule is CCCCCCCCCCCC[NH+](CCC)CCCS(=O)(=O)O.[OH-]. The standard InChI is InChI=1S/C18H39NO3S.H2O/c1-3-5-6-7-8-9-10-11-12-13-16-19(15-4-2)17-14-18-23(20,21)22;/h3-18H2,1-2H3,(H,20,21,22);1H2. The molecule has 1 unspecified atom stereocenters. The van der Waals surface area contributed by atoms with Crippen molar-refractivity contribution >= 4 is 10.1 Å². The molecule has 0 radical (unpaired) electrons. The maximum Gasteiger partial charge on any atom is 0.265 e. The van der Waals surface area contributed by atoms with E-state index in [1.54, 1.807) is 0 Å². The Balaban J connectivity index is 0. The monoisotopic (exact) mass is 367 g/mol. The van der Waals surface area contributed by atoms with E-state index in [0.717, 1.165) is 26.1 Å². The molecule has 0 spiro atoms. The second-order valence-electron chi connectivity index (χ2n) is 6.82. The fraction of sp³-hybridized carbons (Fsp3) is 1.00. The summed E-state index contributed by atoms with van der Waals surface area (Å²) in [4.78, 5) is 1.48. The molecule has 0 amide bonds. The van der Waals surface area contributed by atoms with Gasteiger partial charge in [0.05, 0.1) is 25.4 Å². The van der Waals surface area contributed by atoms with Crippen molar-refractivity contribution in [3.8, 4) is 0 Å². The summed E-state index contributed by atoms with van der Waals surface area (Å²) in [5.74, 6) is -0.0990. The molecule has 1 atom stereocenters. The number of unbranched alkanes of at least 4 members (excludes halogenated alkanes) is 9. The molecule has 3 N–H and O–H groups in total. The predicted molar refractivity (Wildman–Crippen MR) is 101 cm³/mol. The van der Waals surface area contributed by atoms with Crippen LogP contribution < -0.4 is 4.90 Å². The maximum absolute atomic E-state index is 10.8. The largest absolute Gasteiger partial charge is 0.870 e. The molecule has 0 aromatic rings. The Kier molecular flexibility index (Phi) is 19.2. The van der Waals surface area contributed by atoms with Gasteiger partial charge in [-0.25, -0.2) is 0 Å². The Hall–Kier alpha value is -0.170. The first-order valence-electron chi connectivity index (χ1n) is 9.78. The average molecular weight is 368 g/mol. The number of nitrogens with one attached hydrogen (secondary N) is 1.